The van der Waals surface area contributed by atoms with Gasteiger partial charge in [0.15, 0.2) is 0 Å². The number of para-hydroxylation sites is 1. The van der Waals surface area contributed by atoms with Gasteiger partial charge in [-0.15, -0.1) is 0 Å². The van der Waals surface area contributed by atoms with Crippen LogP contribution >= 0.6 is 11.9 Å². The quantitative estimate of drug-likeness (QED) is 0.347. The van der Waals surface area contributed by atoms with Crippen LogP contribution in [0.3, 0.4) is 0 Å². The molecule has 33 heavy (non-hydrogen) atoms. The molecule has 8 heteroatoms. The van der Waals surface area contributed by atoms with Gasteiger partial charge in [-0.1, -0.05) is 18.2 Å². The zero-order chi connectivity index (χ0) is 22.9. The molecule has 1 aromatic carbocycles. The van der Waals surface area contributed by atoms with Crippen LogP contribution in [0.2, 0.25) is 0 Å². The van der Waals surface area contributed by atoms with E-state index in [0.717, 1.165) is 59.9 Å². The normalized spacial score (nSPS) is 15.8. The summed E-state index contributed by atoms with van der Waals surface area (Å²) < 4.78 is 6.63. The van der Waals surface area contributed by atoms with Crippen molar-refractivity contribution in [3.63, 3.8) is 0 Å². The number of benzene rings is 1. The Morgan fingerprint density at radius 2 is 2.09 bits per heavy atom. The smallest absolute Gasteiger partial charge is 0.268 e. The van der Waals surface area contributed by atoms with Crippen LogP contribution in [0.15, 0.2) is 47.5 Å². The van der Waals surface area contributed by atoms with Crippen molar-refractivity contribution in [3.8, 4) is 0 Å². The van der Waals surface area contributed by atoms with E-state index in [4.69, 9.17) is 5.41 Å². The third kappa shape index (κ3) is 4.58. The second-order valence-electron chi connectivity index (χ2n) is 8.81. The number of carbonyl (C=O) groups excluding carboxylic acids is 1. The molecule has 172 valence electrons. The van der Waals surface area contributed by atoms with Crippen molar-refractivity contribution in [3.05, 3.63) is 70.8 Å². The van der Waals surface area contributed by atoms with Gasteiger partial charge in [-0.25, -0.2) is 4.31 Å². The highest BCUT2D eigenvalue weighted by Gasteiger charge is 2.24. The molecule has 3 aromatic rings. The average molecular weight is 463 g/mol. The average Bonchev–Trinajstić information content (AvgIpc) is 3.45. The fourth-order valence-electron chi connectivity index (χ4n) is 4.25. The van der Waals surface area contributed by atoms with Crippen LogP contribution in [0.4, 0.5) is 5.69 Å². The third-order valence-corrected chi connectivity index (χ3v) is 7.68. The second-order valence-corrected chi connectivity index (χ2v) is 9.95. The maximum absolute atomic E-state index is 13.1. The number of nitrogens with one attached hydrogen (secondary N) is 3. The number of carbonyl (C=O) groups is 1. The number of anilines is 1. The van der Waals surface area contributed by atoms with E-state index in [1.54, 1.807) is 11.9 Å². The molecule has 2 aromatic heterocycles. The number of rotatable bonds is 8. The van der Waals surface area contributed by atoms with Gasteiger partial charge in [-0.2, -0.15) is 0 Å². The van der Waals surface area contributed by atoms with E-state index in [9.17, 15) is 4.79 Å². The molecule has 0 atom stereocenters. The Labute approximate surface area is 198 Å². The monoisotopic (exact) mass is 462 g/mol. The van der Waals surface area contributed by atoms with Gasteiger partial charge in [-0.05, 0) is 55.5 Å². The van der Waals surface area contributed by atoms with Gasteiger partial charge in [0, 0.05) is 79.2 Å². The van der Waals surface area contributed by atoms with E-state index in [2.05, 4.69) is 44.8 Å². The Morgan fingerprint density at radius 3 is 2.88 bits per heavy atom. The molecule has 3 heterocycles. The minimum atomic E-state index is -0.0856. The maximum Gasteiger partial charge on any atom is 0.268 e. The first-order valence-corrected chi connectivity index (χ1v) is 12.2. The van der Waals surface area contributed by atoms with Gasteiger partial charge < -0.3 is 25.2 Å². The first-order chi connectivity index (χ1) is 16.0. The summed E-state index contributed by atoms with van der Waals surface area (Å²) in [7, 11) is 1.95. The highest BCUT2D eigenvalue weighted by molar-refractivity contribution is 7.97. The van der Waals surface area contributed by atoms with Crippen molar-refractivity contribution in [2.75, 3.05) is 11.9 Å². The molecule has 7 nitrogen and oxygen atoms in total. The minimum absolute atomic E-state index is 0.0856. The minimum Gasteiger partial charge on any atom is -0.382 e. The van der Waals surface area contributed by atoms with Crippen LogP contribution in [0.25, 0.3) is 0 Å². The molecular weight excluding hydrogens is 432 g/mol. The summed E-state index contributed by atoms with van der Waals surface area (Å²) in [4.78, 5) is 14.2. The number of amides is 1. The summed E-state index contributed by atoms with van der Waals surface area (Å²) >= 11 is 1.73. The van der Waals surface area contributed by atoms with Gasteiger partial charge in [0.2, 0.25) is 0 Å². The molecule has 5 rings (SSSR count). The number of hydrogen-bond donors (Lipinski definition) is 3. The van der Waals surface area contributed by atoms with E-state index in [0.29, 0.717) is 18.3 Å². The highest BCUT2D eigenvalue weighted by Crippen LogP contribution is 2.32. The van der Waals surface area contributed by atoms with Crippen molar-refractivity contribution in [2.45, 2.75) is 50.3 Å². The Balaban J connectivity index is 1.28. The van der Waals surface area contributed by atoms with Gasteiger partial charge >= 0.3 is 0 Å². The summed E-state index contributed by atoms with van der Waals surface area (Å²) in [6.07, 6.45) is 5.82. The molecule has 0 unspecified atom stereocenters. The fraction of sp³-hybridized carbons (Fsp3) is 0.360. The lowest BCUT2D eigenvalue weighted by atomic mass is 10.1. The third-order valence-electron chi connectivity index (χ3n) is 6.50. The summed E-state index contributed by atoms with van der Waals surface area (Å²) in [5.41, 5.74) is 5.90. The molecule has 0 spiro atoms. The predicted octanol–water partition coefficient (Wildman–Crippen LogP) is 4.16. The van der Waals surface area contributed by atoms with Crippen LogP contribution in [0, 0.1) is 12.3 Å². The van der Waals surface area contributed by atoms with Crippen LogP contribution in [0.1, 0.15) is 45.8 Å². The molecule has 0 bridgehead atoms. The Morgan fingerprint density at radius 1 is 1.24 bits per heavy atom. The fourth-order valence-corrected chi connectivity index (χ4v) is 5.33. The van der Waals surface area contributed by atoms with E-state index in [-0.39, 0.29) is 5.91 Å². The molecule has 1 fully saturated rings. The molecule has 3 N–H and O–H groups in total. The Bertz CT molecular complexity index is 1190. The van der Waals surface area contributed by atoms with Crippen LogP contribution in [0.5, 0.6) is 0 Å². The van der Waals surface area contributed by atoms with Crippen LogP contribution < -0.4 is 10.6 Å². The summed E-state index contributed by atoms with van der Waals surface area (Å²) in [6.45, 7) is 5.35. The SMILES string of the molecule is Cc1c(SN2CCn3cccc3C2)cc(C(=O)NCc2cccc(C=N)c2NC2CC2)n1C. The van der Waals surface area contributed by atoms with Gasteiger partial charge in [0.05, 0.1) is 0 Å². The number of aromatic nitrogens is 2. The van der Waals surface area contributed by atoms with E-state index in [1.165, 1.54) is 11.9 Å². The lowest BCUT2D eigenvalue weighted by molar-refractivity contribution is 0.0942. The molecular formula is C25H30N6OS. The van der Waals surface area contributed by atoms with Crippen LogP contribution in [-0.2, 0) is 26.7 Å². The maximum atomic E-state index is 13.1. The van der Waals surface area contributed by atoms with Crippen molar-refractivity contribution >= 4 is 29.8 Å². The molecule has 0 radical (unpaired) electrons. The Hall–Kier alpha value is -2.97. The molecule has 1 aliphatic carbocycles. The van der Waals surface area contributed by atoms with E-state index >= 15 is 0 Å². The molecule has 1 aliphatic heterocycles. The van der Waals surface area contributed by atoms with Crippen molar-refractivity contribution in [2.24, 2.45) is 7.05 Å². The molecule has 1 amide bonds. The number of hydrogen-bond acceptors (Lipinski definition) is 5. The molecule has 0 saturated heterocycles. The first-order valence-electron chi connectivity index (χ1n) is 11.4. The molecule has 2 aliphatic rings. The van der Waals surface area contributed by atoms with Gasteiger partial charge in [0.1, 0.15) is 5.69 Å². The second kappa shape index (κ2) is 9.11. The standard InChI is InChI=1S/C25H30N6OS/c1-17-23(33-31-12-11-30-10-4-7-21(30)16-31)13-22(29(17)2)25(32)27-15-19-6-3-5-18(14-26)24(19)28-20-8-9-20/h3-7,10,13-14,20,26,28H,8-9,11-12,15-16H2,1-2H3,(H,27,32). The lowest BCUT2D eigenvalue weighted by Gasteiger charge is -2.27. The highest BCUT2D eigenvalue weighted by atomic mass is 32.2. The Kier molecular flexibility index (Phi) is 6.03. The van der Waals surface area contributed by atoms with E-state index < -0.39 is 0 Å². The molecule has 1 saturated carbocycles. The lowest BCUT2D eigenvalue weighted by Crippen LogP contribution is -2.27. The van der Waals surface area contributed by atoms with Crippen molar-refractivity contribution < 1.29 is 4.79 Å². The summed E-state index contributed by atoms with van der Waals surface area (Å²) in [5, 5.41) is 14.3. The zero-order valence-electron chi connectivity index (χ0n) is 19.1. The summed E-state index contributed by atoms with van der Waals surface area (Å²) in [5.74, 6) is -0.0856. The predicted molar refractivity (Wildman–Crippen MR) is 133 cm³/mol. The largest absolute Gasteiger partial charge is 0.382 e. The van der Waals surface area contributed by atoms with Crippen molar-refractivity contribution in [1.82, 2.24) is 18.8 Å². The van der Waals surface area contributed by atoms with Gasteiger partial charge in [0.25, 0.3) is 5.91 Å². The number of fused-ring (bicyclic) bond motifs is 1. The van der Waals surface area contributed by atoms with Crippen LogP contribution in [-0.4, -0.2) is 38.1 Å². The van der Waals surface area contributed by atoms with E-state index in [1.807, 2.05) is 35.9 Å². The first kappa shape index (κ1) is 21.9. The topological polar surface area (TPSA) is 78.1 Å². The zero-order valence-corrected chi connectivity index (χ0v) is 19.9. The van der Waals surface area contributed by atoms with Gasteiger partial charge in [-0.3, -0.25) is 4.79 Å². The van der Waals surface area contributed by atoms with Crippen molar-refractivity contribution in [1.29, 1.82) is 5.41 Å². The summed E-state index contributed by atoms with van der Waals surface area (Å²) in [6, 6.07) is 12.6. The number of nitrogens with zero attached hydrogens (tertiary/aromatic N) is 3.